The van der Waals surface area contributed by atoms with Crippen molar-refractivity contribution >= 4 is 44.4 Å². The fraction of sp³-hybridized carbons (Fsp3) is 0. The van der Waals surface area contributed by atoms with Gasteiger partial charge in [-0.25, -0.2) is 4.98 Å². The highest BCUT2D eigenvalue weighted by atomic mass is 79.9. The van der Waals surface area contributed by atoms with E-state index in [0.717, 1.165) is 10.0 Å². The van der Waals surface area contributed by atoms with E-state index in [1.165, 1.54) is 17.4 Å². The number of nitriles is 1. The zero-order chi connectivity index (χ0) is 16.9. The van der Waals surface area contributed by atoms with Gasteiger partial charge in [0.15, 0.2) is 5.13 Å². The molecule has 0 atom stereocenters. The Morgan fingerprint density at radius 3 is 2.75 bits per heavy atom. The molecule has 0 fully saturated rings. The summed E-state index contributed by atoms with van der Waals surface area (Å²) in [4.78, 5) is 16.0. The van der Waals surface area contributed by atoms with Gasteiger partial charge in [0.2, 0.25) is 0 Å². The molecule has 0 bridgehead atoms. The van der Waals surface area contributed by atoms with E-state index in [4.69, 9.17) is 4.42 Å². The Bertz CT molecular complexity index is 922. The normalized spacial score (nSPS) is 11.1. The zero-order valence-electron chi connectivity index (χ0n) is 12.2. The molecule has 1 N–H and O–H groups in total. The Morgan fingerprint density at radius 2 is 2.08 bits per heavy atom. The van der Waals surface area contributed by atoms with Crippen molar-refractivity contribution in [3.63, 3.8) is 0 Å². The summed E-state index contributed by atoms with van der Waals surface area (Å²) in [5, 5.41) is 13.9. The lowest BCUT2D eigenvalue weighted by Gasteiger charge is -1.99. The third-order valence-electron chi connectivity index (χ3n) is 3.06. The Kier molecular flexibility index (Phi) is 4.89. The second-order valence-electron chi connectivity index (χ2n) is 4.67. The smallest absolute Gasteiger partial charge is 0.268 e. The Labute approximate surface area is 150 Å². The van der Waals surface area contributed by atoms with Crippen LogP contribution in [0.5, 0.6) is 0 Å². The van der Waals surface area contributed by atoms with Crippen LogP contribution in [0.4, 0.5) is 5.13 Å². The van der Waals surface area contributed by atoms with Gasteiger partial charge in [-0.2, -0.15) is 5.26 Å². The number of furan rings is 1. The minimum absolute atomic E-state index is 0.0538. The maximum absolute atomic E-state index is 12.1. The summed E-state index contributed by atoms with van der Waals surface area (Å²) in [7, 11) is 0. The zero-order valence-corrected chi connectivity index (χ0v) is 14.6. The predicted octanol–water partition coefficient (Wildman–Crippen LogP) is 4.71. The molecule has 1 aromatic carbocycles. The van der Waals surface area contributed by atoms with E-state index in [2.05, 4.69) is 26.2 Å². The number of aromatic nitrogens is 1. The first-order valence-corrected chi connectivity index (χ1v) is 8.51. The van der Waals surface area contributed by atoms with Crippen LogP contribution in [0.1, 0.15) is 5.76 Å². The van der Waals surface area contributed by atoms with Crippen LogP contribution in [0.15, 0.2) is 62.4 Å². The van der Waals surface area contributed by atoms with Crippen molar-refractivity contribution in [2.45, 2.75) is 0 Å². The number of rotatable bonds is 4. The van der Waals surface area contributed by atoms with Crippen LogP contribution in [0.3, 0.4) is 0 Å². The van der Waals surface area contributed by atoms with Crippen molar-refractivity contribution in [1.82, 2.24) is 4.98 Å². The molecule has 7 heteroatoms. The lowest BCUT2D eigenvalue weighted by atomic mass is 10.2. The van der Waals surface area contributed by atoms with Gasteiger partial charge in [0.1, 0.15) is 23.2 Å². The minimum atomic E-state index is -0.519. The van der Waals surface area contributed by atoms with Crippen molar-refractivity contribution in [2.24, 2.45) is 0 Å². The summed E-state index contributed by atoms with van der Waals surface area (Å²) in [6, 6.07) is 13.0. The Hall–Kier alpha value is -2.69. The maximum atomic E-state index is 12.1. The molecule has 1 amide bonds. The third-order valence-corrected chi connectivity index (χ3v) is 4.28. The minimum Gasteiger partial charge on any atom is -0.457 e. The first kappa shape index (κ1) is 16.2. The van der Waals surface area contributed by atoms with Gasteiger partial charge in [0, 0.05) is 27.7 Å². The molecule has 0 spiro atoms. The number of benzene rings is 1. The van der Waals surface area contributed by atoms with Crippen molar-refractivity contribution in [1.29, 1.82) is 5.26 Å². The first-order chi connectivity index (χ1) is 11.7. The number of nitrogens with zero attached hydrogens (tertiary/aromatic N) is 2. The molecule has 0 radical (unpaired) electrons. The van der Waals surface area contributed by atoms with Gasteiger partial charge in [-0.3, -0.25) is 10.1 Å². The van der Waals surface area contributed by atoms with Gasteiger partial charge >= 0.3 is 0 Å². The Balaban J connectivity index is 1.80. The second kappa shape index (κ2) is 7.25. The molecular formula is C17H10BrN3O2S. The summed E-state index contributed by atoms with van der Waals surface area (Å²) in [6.07, 6.45) is 2.98. The molecule has 2 aromatic heterocycles. The standard InChI is InChI=1S/C17H10BrN3O2S/c18-13-3-1-11(2-4-13)15-6-5-14(23-15)9-12(10-19)16(22)21-17-20-7-8-24-17/h1-9H,(H,20,21,22)/b12-9+. The highest BCUT2D eigenvalue weighted by Crippen LogP contribution is 2.25. The molecule has 3 aromatic rings. The fourth-order valence-corrected chi connectivity index (χ4v) is 2.73. The third kappa shape index (κ3) is 3.79. The quantitative estimate of drug-likeness (QED) is 0.508. The molecule has 2 heterocycles. The van der Waals surface area contributed by atoms with Crippen molar-refractivity contribution in [2.75, 3.05) is 5.32 Å². The molecule has 0 aliphatic heterocycles. The summed E-state index contributed by atoms with van der Waals surface area (Å²) in [6.45, 7) is 0. The van der Waals surface area contributed by atoms with Gasteiger partial charge in [0.05, 0.1) is 0 Å². The number of hydrogen-bond donors (Lipinski definition) is 1. The molecule has 118 valence electrons. The van der Waals surface area contributed by atoms with Crippen LogP contribution in [-0.4, -0.2) is 10.9 Å². The molecule has 24 heavy (non-hydrogen) atoms. The number of amides is 1. The fourth-order valence-electron chi connectivity index (χ4n) is 1.94. The van der Waals surface area contributed by atoms with Crippen molar-refractivity contribution in [3.8, 4) is 17.4 Å². The second-order valence-corrected chi connectivity index (χ2v) is 6.48. The van der Waals surface area contributed by atoms with Gasteiger partial charge in [-0.05, 0) is 24.3 Å². The number of carbonyl (C=O) groups is 1. The molecule has 0 aliphatic rings. The van der Waals surface area contributed by atoms with Crippen LogP contribution < -0.4 is 5.32 Å². The van der Waals surface area contributed by atoms with Gasteiger partial charge in [-0.1, -0.05) is 28.1 Å². The van der Waals surface area contributed by atoms with E-state index in [-0.39, 0.29) is 5.57 Å². The van der Waals surface area contributed by atoms with Crippen LogP contribution in [0.25, 0.3) is 17.4 Å². The largest absolute Gasteiger partial charge is 0.457 e. The lowest BCUT2D eigenvalue weighted by Crippen LogP contribution is -2.13. The molecule has 0 saturated carbocycles. The van der Waals surface area contributed by atoms with Crippen LogP contribution in [-0.2, 0) is 4.79 Å². The molecule has 0 aliphatic carbocycles. The lowest BCUT2D eigenvalue weighted by molar-refractivity contribution is -0.112. The summed E-state index contributed by atoms with van der Waals surface area (Å²) >= 11 is 4.66. The van der Waals surface area contributed by atoms with E-state index < -0.39 is 5.91 Å². The van der Waals surface area contributed by atoms with Gasteiger partial charge in [-0.15, -0.1) is 11.3 Å². The van der Waals surface area contributed by atoms with Gasteiger partial charge in [0.25, 0.3) is 5.91 Å². The summed E-state index contributed by atoms with van der Waals surface area (Å²) in [5.74, 6) is 0.569. The molecule has 0 unspecified atom stereocenters. The predicted molar refractivity (Wildman–Crippen MR) is 96.2 cm³/mol. The Morgan fingerprint density at radius 1 is 1.29 bits per heavy atom. The van der Waals surface area contributed by atoms with Crippen molar-refractivity contribution < 1.29 is 9.21 Å². The molecule has 0 saturated heterocycles. The number of halogens is 1. The van der Waals surface area contributed by atoms with Crippen molar-refractivity contribution in [3.05, 3.63) is 63.8 Å². The summed E-state index contributed by atoms with van der Waals surface area (Å²) in [5.41, 5.74) is 0.852. The number of nitrogens with one attached hydrogen (secondary N) is 1. The SMILES string of the molecule is N#C/C(=C\c1ccc(-c2ccc(Br)cc2)o1)C(=O)Nc1nccs1. The van der Waals surface area contributed by atoms with Crippen LogP contribution in [0.2, 0.25) is 0 Å². The maximum Gasteiger partial charge on any atom is 0.268 e. The number of thiazole rings is 1. The molecule has 3 rings (SSSR count). The number of carbonyl (C=O) groups excluding carboxylic acids is 1. The summed E-state index contributed by atoms with van der Waals surface area (Å²) < 4.78 is 6.67. The number of anilines is 1. The highest BCUT2D eigenvalue weighted by molar-refractivity contribution is 9.10. The monoisotopic (exact) mass is 399 g/mol. The average Bonchev–Trinajstić information content (AvgIpc) is 3.25. The topological polar surface area (TPSA) is 78.9 Å². The van der Waals surface area contributed by atoms with E-state index in [1.807, 2.05) is 30.3 Å². The first-order valence-electron chi connectivity index (χ1n) is 6.84. The molecule has 5 nitrogen and oxygen atoms in total. The average molecular weight is 400 g/mol. The number of hydrogen-bond acceptors (Lipinski definition) is 5. The van der Waals surface area contributed by atoms with E-state index in [0.29, 0.717) is 16.7 Å². The van der Waals surface area contributed by atoms with E-state index in [9.17, 15) is 10.1 Å². The van der Waals surface area contributed by atoms with Crippen LogP contribution in [0, 0.1) is 11.3 Å². The van der Waals surface area contributed by atoms with Crippen LogP contribution >= 0.6 is 27.3 Å². The van der Waals surface area contributed by atoms with E-state index in [1.54, 1.807) is 23.7 Å². The van der Waals surface area contributed by atoms with Gasteiger partial charge < -0.3 is 4.42 Å². The molecular weight excluding hydrogens is 390 g/mol. The highest BCUT2D eigenvalue weighted by Gasteiger charge is 2.12. The van der Waals surface area contributed by atoms with E-state index >= 15 is 0 Å².